The minimum atomic E-state index is 0.175. The molecule has 2 rings (SSSR count). The molecule has 0 saturated carbocycles. The number of aromatic nitrogens is 2. The van der Waals surface area contributed by atoms with Crippen molar-refractivity contribution in [2.24, 2.45) is 13.0 Å². The van der Waals surface area contributed by atoms with Crippen molar-refractivity contribution in [2.45, 2.75) is 32.2 Å². The van der Waals surface area contributed by atoms with E-state index in [0.29, 0.717) is 5.92 Å². The minimum absolute atomic E-state index is 0.175. The molecule has 1 unspecified atom stereocenters. The van der Waals surface area contributed by atoms with Crippen LogP contribution in [0.1, 0.15) is 32.3 Å². The zero-order valence-corrected chi connectivity index (χ0v) is 9.25. The Morgan fingerprint density at radius 1 is 1.57 bits per heavy atom. The first-order valence-corrected chi connectivity index (χ1v) is 5.39. The summed E-state index contributed by atoms with van der Waals surface area (Å²) in [5.74, 6) is 0.620. The second-order valence-corrected chi connectivity index (χ2v) is 4.56. The molecule has 0 spiro atoms. The maximum atomic E-state index is 4.27. The lowest BCUT2D eigenvalue weighted by Crippen LogP contribution is -2.41. The van der Waals surface area contributed by atoms with Crippen LogP contribution in [0.25, 0.3) is 0 Å². The van der Waals surface area contributed by atoms with E-state index in [1.165, 1.54) is 18.4 Å². The van der Waals surface area contributed by atoms with Crippen LogP contribution in [-0.4, -0.2) is 16.3 Å². The Morgan fingerprint density at radius 3 is 2.79 bits per heavy atom. The Morgan fingerprint density at radius 2 is 2.36 bits per heavy atom. The first-order chi connectivity index (χ1) is 6.65. The lowest BCUT2D eigenvalue weighted by atomic mass is 9.80. The third-order valence-electron chi connectivity index (χ3n) is 3.39. The van der Waals surface area contributed by atoms with Crippen molar-refractivity contribution in [2.75, 3.05) is 6.54 Å². The maximum absolute atomic E-state index is 4.27. The van der Waals surface area contributed by atoms with Crippen LogP contribution >= 0.6 is 0 Å². The third-order valence-corrected chi connectivity index (χ3v) is 3.39. The van der Waals surface area contributed by atoms with Gasteiger partial charge in [0.05, 0.1) is 6.20 Å². The van der Waals surface area contributed by atoms with Crippen molar-refractivity contribution < 1.29 is 0 Å². The monoisotopic (exact) mass is 193 g/mol. The summed E-state index contributed by atoms with van der Waals surface area (Å²) in [6.07, 6.45) is 6.64. The maximum Gasteiger partial charge on any atom is 0.0540 e. The summed E-state index contributed by atoms with van der Waals surface area (Å²) in [4.78, 5) is 0. The number of nitrogens with zero attached hydrogens (tertiary/aromatic N) is 2. The smallest absolute Gasteiger partial charge is 0.0540 e. The molecular weight excluding hydrogens is 174 g/mol. The summed E-state index contributed by atoms with van der Waals surface area (Å²) < 4.78 is 1.89. The van der Waals surface area contributed by atoms with E-state index in [9.17, 15) is 0 Å². The molecule has 3 nitrogen and oxygen atoms in total. The van der Waals surface area contributed by atoms with Crippen molar-refractivity contribution in [1.29, 1.82) is 0 Å². The highest BCUT2D eigenvalue weighted by atomic mass is 15.2. The Balaban J connectivity index is 2.36. The fraction of sp³-hybridized carbons (Fsp3) is 0.727. The average Bonchev–Trinajstić information content (AvgIpc) is 2.71. The minimum Gasteiger partial charge on any atom is -0.307 e. The molecule has 3 heteroatoms. The molecule has 0 bridgehead atoms. The number of rotatable bonds is 2. The van der Waals surface area contributed by atoms with Gasteiger partial charge in [0.25, 0.3) is 0 Å². The molecule has 1 aromatic rings. The van der Waals surface area contributed by atoms with Gasteiger partial charge in [-0.15, -0.1) is 0 Å². The van der Waals surface area contributed by atoms with Gasteiger partial charge in [-0.1, -0.05) is 13.8 Å². The molecule has 0 aliphatic carbocycles. The molecule has 0 aromatic carbocycles. The first-order valence-electron chi connectivity index (χ1n) is 5.39. The fourth-order valence-electron chi connectivity index (χ4n) is 2.49. The van der Waals surface area contributed by atoms with Gasteiger partial charge in [0.15, 0.2) is 0 Å². The molecule has 1 saturated heterocycles. The van der Waals surface area contributed by atoms with E-state index in [-0.39, 0.29) is 5.54 Å². The quantitative estimate of drug-likeness (QED) is 0.774. The third kappa shape index (κ3) is 1.36. The predicted octanol–water partition coefficient (Wildman–Crippen LogP) is 1.65. The van der Waals surface area contributed by atoms with Gasteiger partial charge in [0, 0.05) is 24.3 Å². The van der Waals surface area contributed by atoms with Crippen LogP contribution in [0.4, 0.5) is 0 Å². The molecule has 1 N–H and O–H groups in total. The second kappa shape index (κ2) is 3.39. The van der Waals surface area contributed by atoms with Crippen LogP contribution in [0.2, 0.25) is 0 Å². The van der Waals surface area contributed by atoms with Crippen molar-refractivity contribution in [3.63, 3.8) is 0 Å². The number of hydrogen-bond donors (Lipinski definition) is 1. The van der Waals surface area contributed by atoms with Gasteiger partial charge in [-0.25, -0.2) is 0 Å². The second-order valence-electron chi connectivity index (χ2n) is 4.56. The largest absolute Gasteiger partial charge is 0.307 e. The van der Waals surface area contributed by atoms with Gasteiger partial charge in [-0.05, 0) is 25.3 Å². The van der Waals surface area contributed by atoms with E-state index in [2.05, 4.69) is 30.5 Å². The summed E-state index contributed by atoms with van der Waals surface area (Å²) in [7, 11) is 1.98. The molecular formula is C11H19N3. The van der Waals surface area contributed by atoms with Gasteiger partial charge in [0.1, 0.15) is 0 Å². The van der Waals surface area contributed by atoms with Crippen LogP contribution in [0.3, 0.4) is 0 Å². The Hall–Kier alpha value is -0.830. The van der Waals surface area contributed by atoms with Crippen molar-refractivity contribution in [1.82, 2.24) is 15.1 Å². The topological polar surface area (TPSA) is 29.9 Å². The van der Waals surface area contributed by atoms with Crippen LogP contribution in [0.5, 0.6) is 0 Å². The van der Waals surface area contributed by atoms with Gasteiger partial charge < -0.3 is 5.32 Å². The number of nitrogens with one attached hydrogen (secondary N) is 1. The molecule has 1 aliphatic rings. The van der Waals surface area contributed by atoms with E-state index in [4.69, 9.17) is 0 Å². The summed E-state index contributed by atoms with van der Waals surface area (Å²) in [5.41, 5.74) is 1.52. The standard InChI is InChI=1S/C11H19N3/c1-9(2)11(5-4-6-12-11)10-7-13-14(3)8-10/h7-9,12H,4-6H2,1-3H3. The zero-order valence-electron chi connectivity index (χ0n) is 9.25. The highest BCUT2D eigenvalue weighted by molar-refractivity contribution is 5.21. The molecule has 2 heterocycles. The zero-order chi connectivity index (χ0) is 10.2. The summed E-state index contributed by atoms with van der Waals surface area (Å²) in [5, 5.41) is 7.91. The van der Waals surface area contributed by atoms with Crippen molar-refractivity contribution in [3.8, 4) is 0 Å². The molecule has 78 valence electrons. The predicted molar refractivity (Wildman–Crippen MR) is 57.0 cm³/mol. The highest BCUT2D eigenvalue weighted by Crippen LogP contribution is 2.37. The Bertz CT molecular complexity index is 308. The molecule has 0 amide bonds. The highest BCUT2D eigenvalue weighted by Gasteiger charge is 2.38. The molecule has 1 aromatic heterocycles. The van der Waals surface area contributed by atoms with Gasteiger partial charge in [0.2, 0.25) is 0 Å². The molecule has 0 radical (unpaired) electrons. The molecule has 1 atom stereocenters. The van der Waals surface area contributed by atoms with Crippen LogP contribution in [0.15, 0.2) is 12.4 Å². The molecule has 14 heavy (non-hydrogen) atoms. The molecule has 1 aliphatic heterocycles. The van der Waals surface area contributed by atoms with E-state index >= 15 is 0 Å². The van der Waals surface area contributed by atoms with Gasteiger partial charge >= 0.3 is 0 Å². The van der Waals surface area contributed by atoms with Crippen molar-refractivity contribution in [3.05, 3.63) is 18.0 Å². The average molecular weight is 193 g/mol. The van der Waals surface area contributed by atoms with Crippen LogP contribution < -0.4 is 5.32 Å². The Labute approximate surface area is 85.5 Å². The van der Waals surface area contributed by atoms with Crippen LogP contribution in [-0.2, 0) is 12.6 Å². The van der Waals surface area contributed by atoms with Crippen LogP contribution in [0, 0.1) is 5.92 Å². The normalized spacial score (nSPS) is 27.4. The van der Waals surface area contributed by atoms with Gasteiger partial charge in [-0.3, -0.25) is 4.68 Å². The van der Waals surface area contributed by atoms with E-state index in [0.717, 1.165) is 6.54 Å². The van der Waals surface area contributed by atoms with E-state index in [1.54, 1.807) is 0 Å². The fourth-order valence-corrected chi connectivity index (χ4v) is 2.49. The van der Waals surface area contributed by atoms with E-state index in [1.807, 2.05) is 17.9 Å². The van der Waals surface area contributed by atoms with Crippen molar-refractivity contribution >= 4 is 0 Å². The summed E-state index contributed by atoms with van der Waals surface area (Å²) >= 11 is 0. The lowest BCUT2D eigenvalue weighted by molar-refractivity contribution is 0.277. The summed E-state index contributed by atoms with van der Waals surface area (Å²) in [6, 6.07) is 0. The lowest BCUT2D eigenvalue weighted by Gasteiger charge is -2.33. The van der Waals surface area contributed by atoms with E-state index < -0.39 is 0 Å². The SMILES string of the molecule is CC(C)C1(c2cnn(C)c2)CCCN1. The molecule has 1 fully saturated rings. The Kier molecular flexibility index (Phi) is 2.35. The first kappa shape index (κ1) is 9.71. The number of hydrogen-bond acceptors (Lipinski definition) is 2. The summed E-state index contributed by atoms with van der Waals surface area (Å²) in [6.45, 7) is 5.70. The number of aryl methyl sites for hydroxylation is 1. The van der Waals surface area contributed by atoms with Gasteiger partial charge in [-0.2, -0.15) is 5.10 Å².